The summed E-state index contributed by atoms with van der Waals surface area (Å²) in [5, 5.41) is 5.26. The van der Waals surface area contributed by atoms with Crippen LogP contribution in [0, 0.1) is 0 Å². The Morgan fingerprint density at radius 2 is 1.70 bits per heavy atom. The minimum atomic E-state index is -3.29. The quantitative estimate of drug-likeness (QED) is 0.746. The Bertz CT molecular complexity index is 939. The third kappa shape index (κ3) is 6.00. The Kier molecular flexibility index (Phi) is 6.40. The van der Waals surface area contributed by atoms with E-state index in [1.807, 2.05) is 0 Å². The fraction of sp³-hybridized carbons (Fsp3) is 0.222. The summed E-state index contributed by atoms with van der Waals surface area (Å²) in [7, 11) is -1.83. The predicted octanol–water partition coefficient (Wildman–Crippen LogP) is 2.07. The normalized spacial score (nSPS) is 10.8. The van der Waals surface area contributed by atoms with E-state index in [9.17, 15) is 18.0 Å². The maximum atomic E-state index is 12.1. The molecular weight excluding hydrogens is 372 g/mol. The van der Waals surface area contributed by atoms with Gasteiger partial charge in [-0.2, -0.15) is 0 Å². The van der Waals surface area contributed by atoms with Crippen LogP contribution in [-0.2, 0) is 19.4 Å². The smallest absolute Gasteiger partial charge is 0.262 e. The number of hydrogen-bond acceptors (Lipinski definition) is 6. The van der Waals surface area contributed by atoms with Gasteiger partial charge in [-0.25, -0.2) is 8.42 Å². The van der Waals surface area contributed by atoms with E-state index < -0.39 is 15.7 Å². The lowest BCUT2D eigenvalue weighted by molar-refractivity contribution is -0.118. The van der Waals surface area contributed by atoms with Gasteiger partial charge in [-0.3, -0.25) is 9.59 Å². The van der Waals surface area contributed by atoms with E-state index in [0.29, 0.717) is 22.9 Å². The first-order chi connectivity index (χ1) is 12.7. The van der Waals surface area contributed by atoms with Crippen LogP contribution in [-0.4, -0.2) is 40.2 Å². The lowest BCUT2D eigenvalue weighted by Crippen LogP contribution is -2.20. The van der Waals surface area contributed by atoms with Crippen molar-refractivity contribution in [3.63, 3.8) is 0 Å². The van der Waals surface area contributed by atoms with Crippen molar-refractivity contribution in [2.75, 3.05) is 30.6 Å². The average Bonchev–Trinajstić information content (AvgIpc) is 2.59. The second kappa shape index (κ2) is 8.54. The maximum absolute atomic E-state index is 12.1. The minimum Gasteiger partial charge on any atom is -0.495 e. The molecule has 144 valence electrons. The number of sulfone groups is 1. The maximum Gasteiger partial charge on any atom is 0.262 e. The van der Waals surface area contributed by atoms with Gasteiger partial charge >= 0.3 is 0 Å². The molecule has 2 amide bonds. The summed E-state index contributed by atoms with van der Waals surface area (Å²) in [5.74, 6) is 0.102. The molecule has 9 heteroatoms. The number of amides is 2. The summed E-state index contributed by atoms with van der Waals surface area (Å²) in [4.78, 5) is 23.5. The number of carbonyl (C=O) groups is 2. The largest absolute Gasteiger partial charge is 0.495 e. The molecule has 0 radical (unpaired) electrons. The molecule has 0 saturated heterocycles. The van der Waals surface area contributed by atoms with E-state index in [4.69, 9.17) is 9.47 Å². The molecule has 2 aromatic rings. The zero-order valence-corrected chi connectivity index (χ0v) is 15.9. The first-order valence-electron chi connectivity index (χ1n) is 7.87. The molecule has 0 fully saturated rings. The molecule has 0 aromatic heterocycles. The Morgan fingerprint density at radius 3 is 2.26 bits per heavy atom. The molecule has 8 nitrogen and oxygen atoms in total. The van der Waals surface area contributed by atoms with Crippen molar-refractivity contribution in [3.05, 3.63) is 42.5 Å². The standard InChI is InChI=1S/C18H20N2O6S/c1-12(21)19-13-4-9-17(25-2)16(10-13)20-18(22)11-26-14-5-7-15(8-6-14)27(3,23)24/h4-10H,11H2,1-3H3,(H,19,21)(H,20,22). The highest BCUT2D eigenvalue weighted by molar-refractivity contribution is 7.90. The van der Waals surface area contributed by atoms with Crippen molar-refractivity contribution < 1.29 is 27.5 Å². The third-order valence-corrected chi connectivity index (χ3v) is 4.54. The van der Waals surface area contributed by atoms with Crippen LogP contribution in [0.5, 0.6) is 11.5 Å². The van der Waals surface area contributed by atoms with Crippen molar-refractivity contribution in [1.29, 1.82) is 0 Å². The van der Waals surface area contributed by atoms with Crippen molar-refractivity contribution in [2.45, 2.75) is 11.8 Å². The summed E-state index contributed by atoms with van der Waals surface area (Å²) in [6.07, 6.45) is 1.11. The van der Waals surface area contributed by atoms with Gasteiger partial charge in [-0.05, 0) is 42.5 Å². The van der Waals surface area contributed by atoms with Gasteiger partial charge in [-0.15, -0.1) is 0 Å². The molecule has 0 aliphatic carbocycles. The number of rotatable bonds is 7. The number of carbonyl (C=O) groups excluding carboxylic acids is 2. The second-order valence-electron chi connectivity index (χ2n) is 5.68. The van der Waals surface area contributed by atoms with Gasteiger partial charge < -0.3 is 20.1 Å². The van der Waals surface area contributed by atoms with Gasteiger partial charge in [0, 0.05) is 18.9 Å². The summed E-state index contributed by atoms with van der Waals surface area (Å²) in [6.45, 7) is 1.09. The predicted molar refractivity (Wildman–Crippen MR) is 101 cm³/mol. The number of anilines is 2. The van der Waals surface area contributed by atoms with Gasteiger partial charge in [0.15, 0.2) is 16.4 Å². The van der Waals surface area contributed by atoms with E-state index in [1.54, 1.807) is 18.2 Å². The third-order valence-electron chi connectivity index (χ3n) is 3.42. The van der Waals surface area contributed by atoms with Gasteiger partial charge in [0.25, 0.3) is 5.91 Å². The Hall–Kier alpha value is -3.07. The molecule has 0 unspecified atom stereocenters. The molecule has 0 spiro atoms. The fourth-order valence-corrected chi connectivity index (χ4v) is 2.84. The molecule has 2 N–H and O–H groups in total. The summed E-state index contributed by atoms with van der Waals surface area (Å²) < 4.78 is 33.4. The first kappa shape index (κ1) is 20.2. The van der Waals surface area contributed by atoms with E-state index >= 15 is 0 Å². The van der Waals surface area contributed by atoms with Crippen molar-refractivity contribution in [2.24, 2.45) is 0 Å². The summed E-state index contributed by atoms with van der Waals surface area (Å²) >= 11 is 0. The molecule has 0 heterocycles. The number of nitrogens with one attached hydrogen (secondary N) is 2. The van der Waals surface area contributed by atoms with Gasteiger partial charge in [-0.1, -0.05) is 0 Å². The Morgan fingerprint density at radius 1 is 1.04 bits per heavy atom. The van der Waals surface area contributed by atoms with Crippen LogP contribution in [0.3, 0.4) is 0 Å². The zero-order valence-electron chi connectivity index (χ0n) is 15.1. The first-order valence-corrected chi connectivity index (χ1v) is 9.76. The average molecular weight is 392 g/mol. The minimum absolute atomic E-state index is 0.166. The lowest BCUT2D eigenvalue weighted by Gasteiger charge is -2.13. The highest BCUT2D eigenvalue weighted by Gasteiger charge is 2.11. The summed E-state index contributed by atoms with van der Waals surface area (Å²) in [6, 6.07) is 10.6. The Balaban J connectivity index is 2.02. The van der Waals surface area contributed by atoms with Crippen LogP contribution >= 0.6 is 0 Å². The van der Waals surface area contributed by atoms with Crippen LogP contribution in [0.2, 0.25) is 0 Å². The molecule has 27 heavy (non-hydrogen) atoms. The number of benzene rings is 2. The van der Waals surface area contributed by atoms with Crippen LogP contribution in [0.15, 0.2) is 47.4 Å². The Labute approximate surface area is 157 Å². The molecule has 0 saturated carbocycles. The van der Waals surface area contributed by atoms with Gasteiger partial charge in [0.05, 0.1) is 17.7 Å². The molecule has 0 atom stereocenters. The van der Waals surface area contributed by atoms with Crippen LogP contribution in [0.1, 0.15) is 6.92 Å². The highest BCUT2D eigenvalue weighted by atomic mass is 32.2. The summed E-state index contributed by atoms with van der Waals surface area (Å²) in [5.41, 5.74) is 0.889. The van der Waals surface area contributed by atoms with Crippen molar-refractivity contribution >= 4 is 33.0 Å². The number of hydrogen-bond donors (Lipinski definition) is 2. The fourth-order valence-electron chi connectivity index (χ4n) is 2.20. The van der Waals surface area contributed by atoms with Crippen LogP contribution < -0.4 is 20.1 Å². The van der Waals surface area contributed by atoms with Crippen LogP contribution in [0.4, 0.5) is 11.4 Å². The van der Waals surface area contributed by atoms with E-state index in [0.717, 1.165) is 6.26 Å². The number of methoxy groups -OCH3 is 1. The van der Waals surface area contributed by atoms with Crippen molar-refractivity contribution in [1.82, 2.24) is 0 Å². The molecule has 0 aliphatic rings. The second-order valence-corrected chi connectivity index (χ2v) is 7.69. The van der Waals surface area contributed by atoms with E-state index in [-0.39, 0.29) is 17.4 Å². The molecule has 2 aromatic carbocycles. The molecule has 2 rings (SSSR count). The molecular formula is C18H20N2O6S. The van der Waals surface area contributed by atoms with Gasteiger partial charge in [0.1, 0.15) is 11.5 Å². The highest BCUT2D eigenvalue weighted by Crippen LogP contribution is 2.28. The van der Waals surface area contributed by atoms with Gasteiger partial charge in [0.2, 0.25) is 5.91 Å². The lowest BCUT2D eigenvalue weighted by atomic mass is 10.2. The molecule has 0 bridgehead atoms. The SMILES string of the molecule is COc1ccc(NC(C)=O)cc1NC(=O)COc1ccc(S(C)(=O)=O)cc1. The van der Waals surface area contributed by atoms with E-state index in [1.165, 1.54) is 38.3 Å². The zero-order chi connectivity index (χ0) is 20.0. The van der Waals surface area contributed by atoms with Crippen LogP contribution in [0.25, 0.3) is 0 Å². The monoisotopic (exact) mass is 392 g/mol. The topological polar surface area (TPSA) is 111 Å². The van der Waals surface area contributed by atoms with E-state index in [2.05, 4.69) is 10.6 Å². The van der Waals surface area contributed by atoms with Crippen molar-refractivity contribution in [3.8, 4) is 11.5 Å². The number of ether oxygens (including phenoxy) is 2. The molecule has 0 aliphatic heterocycles.